The molecule has 0 unspecified atom stereocenters. The third kappa shape index (κ3) is 4.21. The van der Waals surface area contributed by atoms with Crippen LogP contribution in [0.25, 0.3) is 0 Å². The van der Waals surface area contributed by atoms with Crippen LogP contribution in [-0.4, -0.2) is 21.1 Å². The first-order valence-corrected chi connectivity index (χ1v) is 8.17. The van der Waals surface area contributed by atoms with E-state index in [1.807, 2.05) is 45.9 Å². The first kappa shape index (κ1) is 16.8. The fraction of sp³-hybridized carbons (Fsp3) is 0.312. The number of carbonyl (C=O) groups excluding carboxylic acids is 1. The zero-order chi connectivity index (χ0) is 16.3. The van der Waals surface area contributed by atoms with Crippen molar-refractivity contribution in [3.63, 3.8) is 0 Å². The van der Waals surface area contributed by atoms with E-state index in [0.29, 0.717) is 10.8 Å². The molecule has 4 nitrogen and oxygen atoms in total. The molecule has 2 aromatic rings. The standard InChI is InChI=1S/C16H18ClN3OS/c1-9-8-15(19-12(4)18-9)22-11(3)16(21)20-14-7-5-6-13(17)10(14)2/h5-8,11H,1-4H3,(H,20,21)/t11-/m1/s1. The number of aryl methyl sites for hydroxylation is 2. The summed E-state index contributed by atoms with van der Waals surface area (Å²) in [6.45, 7) is 7.50. The van der Waals surface area contributed by atoms with Crippen LogP contribution < -0.4 is 5.32 Å². The van der Waals surface area contributed by atoms with E-state index in [0.717, 1.165) is 22.0 Å². The molecule has 0 fully saturated rings. The molecule has 1 heterocycles. The first-order valence-electron chi connectivity index (χ1n) is 6.91. The second-order valence-corrected chi connectivity index (χ2v) is 6.82. The van der Waals surface area contributed by atoms with E-state index < -0.39 is 0 Å². The fourth-order valence-electron chi connectivity index (χ4n) is 1.96. The van der Waals surface area contributed by atoms with Gasteiger partial charge in [-0.2, -0.15) is 0 Å². The Hall–Kier alpha value is -1.59. The summed E-state index contributed by atoms with van der Waals surface area (Å²) in [4.78, 5) is 20.9. The number of nitrogens with one attached hydrogen (secondary N) is 1. The largest absolute Gasteiger partial charge is 0.325 e. The van der Waals surface area contributed by atoms with Crippen molar-refractivity contribution in [1.29, 1.82) is 0 Å². The van der Waals surface area contributed by atoms with Crippen LogP contribution >= 0.6 is 23.4 Å². The van der Waals surface area contributed by atoms with Gasteiger partial charge in [0.25, 0.3) is 0 Å². The maximum Gasteiger partial charge on any atom is 0.237 e. The van der Waals surface area contributed by atoms with Crippen molar-refractivity contribution in [2.24, 2.45) is 0 Å². The summed E-state index contributed by atoms with van der Waals surface area (Å²) in [5, 5.41) is 4.08. The predicted octanol–water partition coefficient (Wildman–Crippen LogP) is 4.17. The van der Waals surface area contributed by atoms with Crippen LogP contribution in [0.1, 0.15) is 24.0 Å². The number of anilines is 1. The molecule has 22 heavy (non-hydrogen) atoms. The van der Waals surface area contributed by atoms with E-state index in [1.165, 1.54) is 11.8 Å². The molecule has 116 valence electrons. The molecule has 0 aliphatic heterocycles. The van der Waals surface area contributed by atoms with Crippen LogP contribution in [-0.2, 0) is 4.79 Å². The lowest BCUT2D eigenvalue weighted by atomic mass is 10.2. The van der Waals surface area contributed by atoms with E-state index in [9.17, 15) is 4.79 Å². The van der Waals surface area contributed by atoms with E-state index in [-0.39, 0.29) is 11.2 Å². The van der Waals surface area contributed by atoms with Crippen molar-refractivity contribution in [3.05, 3.63) is 46.4 Å². The monoisotopic (exact) mass is 335 g/mol. The highest BCUT2D eigenvalue weighted by Gasteiger charge is 2.17. The highest BCUT2D eigenvalue weighted by Crippen LogP contribution is 2.26. The van der Waals surface area contributed by atoms with Gasteiger partial charge in [-0.15, -0.1) is 0 Å². The number of hydrogen-bond donors (Lipinski definition) is 1. The smallest absolute Gasteiger partial charge is 0.237 e. The van der Waals surface area contributed by atoms with Gasteiger partial charge in [-0.1, -0.05) is 29.4 Å². The third-order valence-corrected chi connectivity index (χ3v) is 4.56. The molecule has 1 atom stereocenters. The van der Waals surface area contributed by atoms with Crippen molar-refractivity contribution in [2.75, 3.05) is 5.32 Å². The fourth-order valence-corrected chi connectivity index (χ4v) is 3.08. The van der Waals surface area contributed by atoms with Gasteiger partial charge in [-0.25, -0.2) is 9.97 Å². The Labute approximate surface area is 139 Å². The van der Waals surface area contributed by atoms with Crippen LogP contribution in [0.15, 0.2) is 29.3 Å². The van der Waals surface area contributed by atoms with Gasteiger partial charge in [-0.3, -0.25) is 4.79 Å². The number of rotatable bonds is 4. The number of benzene rings is 1. The maximum atomic E-state index is 12.3. The third-order valence-electron chi connectivity index (χ3n) is 3.13. The van der Waals surface area contributed by atoms with Crippen LogP contribution in [0, 0.1) is 20.8 Å². The molecule has 2 rings (SSSR count). The minimum Gasteiger partial charge on any atom is -0.325 e. The van der Waals surface area contributed by atoms with Crippen molar-refractivity contribution in [1.82, 2.24) is 9.97 Å². The Morgan fingerprint density at radius 2 is 2.00 bits per heavy atom. The van der Waals surface area contributed by atoms with Gasteiger partial charge in [0.2, 0.25) is 5.91 Å². The van der Waals surface area contributed by atoms with E-state index in [4.69, 9.17) is 11.6 Å². The van der Waals surface area contributed by atoms with Crippen molar-refractivity contribution in [2.45, 2.75) is 38.0 Å². The molecule has 1 aromatic carbocycles. The molecular formula is C16H18ClN3OS. The highest BCUT2D eigenvalue weighted by molar-refractivity contribution is 8.00. The number of aromatic nitrogens is 2. The summed E-state index contributed by atoms with van der Waals surface area (Å²) < 4.78 is 0. The number of hydrogen-bond acceptors (Lipinski definition) is 4. The molecular weight excluding hydrogens is 318 g/mol. The molecule has 0 spiro atoms. The van der Waals surface area contributed by atoms with Crippen molar-refractivity contribution in [3.8, 4) is 0 Å². The Morgan fingerprint density at radius 1 is 1.27 bits per heavy atom. The van der Waals surface area contributed by atoms with E-state index in [2.05, 4.69) is 15.3 Å². The number of nitrogens with zero attached hydrogens (tertiary/aromatic N) is 2. The average molecular weight is 336 g/mol. The lowest BCUT2D eigenvalue weighted by Gasteiger charge is -2.14. The van der Waals surface area contributed by atoms with Crippen LogP contribution in [0.4, 0.5) is 5.69 Å². The van der Waals surface area contributed by atoms with Gasteiger partial charge in [0.1, 0.15) is 10.9 Å². The zero-order valence-corrected chi connectivity index (χ0v) is 14.5. The molecule has 0 aliphatic carbocycles. The molecule has 0 saturated heterocycles. The maximum absolute atomic E-state index is 12.3. The van der Waals surface area contributed by atoms with Gasteiger partial charge in [0.15, 0.2) is 0 Å². The topological polar surface area (TPSA) is 54.9 Å². The van der Waals surface area contributed by atoms with Crippen LogP contribution in [0.5, 0.6) is 0 Å². The van der Waals surface area contributed by atoms with Gasteiger partial charge in [0, 0.05) is 16.4 Å². The summed E-state index contributed by atoms with van der Waals surface area (Å²) in [7, 11) is 0. The SMILES string of the molecule is Cc1cc(S[C@H](C)C(=O)Nc2cccc(Cl)c2C)nc(C)n1. The number of amides is 1. The number of thioether (sulfide) groups is 1. The Kier molecular flexibility index (Phi) is 5.42. The molecule has 0 bridgehead atoms. The van der Waals surface area contributed by atoms with Gasteiger partial charge in [0.05, 0.1) is 5.25 Å². The second-order valence-electron chi connectivity index (χ2n) is 5.06. The Bertz CT molecular complexity index is 686. The van der Waals surface area contributed by atoms with E-state index in [1.54, 1.807) is 6.07 Å². The lowest BCUT2D eigenvalue weighted by Crippen LogP contribution is -2.23. The minimum atomic E-state index is -0.271. The lowest BCUT2D eigenvalue weighted by molar-refractivity contribution is -0.115. The van der Waals surface area contributed by atoms with E-state index >= 15 is 0 Å². The zero-order valence-electron chi connectivity index (χ0n) is 13.0. The molecule has 0 radical (unpaired) electrons. The number of halogens is 1. The Morgan fingerprint density at radius 3 is 2.68 bits per heavy atom. The summed E-state index contributed by atoms with van der Waals surface area (Å²) in [6, 6.07) is 7.35. The summed E-state index contributed by atoms with van der Waals surface area (Å²) in [5.41, 5.74) is 2.50. The van der Waals surface area contributed by atoms with Crippen LogP contribution in [0.2, 0.25) is 5.02 Å². The molecule has 1 amide bonds. The van der Waals surface area contributed by atoms with Crippen molar-refractivity contribution >= 4 is 35.0 Å². The normalized spacial score (nSPS) is 12.0. The predicted molar refractivity (Wildman–Crippen MR) is 91.6 cm³/mol. The average Bonchev–Trinajstić information content (AvgIpc) is 2.42. The van der Waals surface area contributed by atoms with Gasteiger partial charge in [-0.05, 0) is 51.5 Å². The molecule has 1 N–H and O–H groups in total. The quantitative estimate of drug-likeness (QED) is 0.673. The molecule has 6 heteroatoms. The van der Waals surface area contributed by atoms with Gasteiger partial charge >= 0.3 is 0 Å². The molecule has 0 saturated carbocycles. The molecule has 1 aromatic heterocycles. The van der Waals surface area contributed by atoms with Crippen molar-refractivity contribution < 1.29 is 4.79 Å². The minimum absolute atomic E-state index is 0.0794. The van der Waals surface area contributed by atoms with Crippen LogP contribution in [0.3, 0.4) is 0 Å². The van der Waals surface area contributed by atoms with Gasteiger partial charge < -0.3 is 5.32 Å². The second kappa shape index (κ2) is 7.11. The first-order chi connectivity index (χ1) is 10.4. The summed E-state index contributed by atoms with van der Waals surface area (Å²) in [5.74, 6) is 0.630. The highest BCUT2D eigenvalue weighted by atomic mass is 35.5. The number of carbonyl (C=O) groups is 1. The summed E-state index contributed by atoms with van der Waals surface area (Å²) >= 11 is 7.48. The Balaban J connectivity index is 2.07. The summed E-state index contributed by atoms with van der Waals surface area (Å²) in [6.07, 6.45) is 0. The molecule has 0 aliphatic rings.